The summed E-state index contributed by atoms with van der Waals surface area (Å²) < 4.78 is 17.1. The number of carbonyl (C=O) groups excluding carboxylic acids is 2. The molecule has 0 unspecified atom stereocenters. The van der Waals surface area contributed by atoms with Crippen LogP contribution in [0, 0.1) is 0 Å². The first-order valence-corrected chi connectivity index (χ1v) is 10.9. The predicted octanol–water partition coefficient (Wildman–Crippen LogP) is 7.10. The average molecular weight is 460 g/mol. The summed E-state index contributed by atoms with van der Waals surface area (Å²) in [6, 6.07) is 26.3. The Morgan fingerprint density at radius 3 is 1.71 bits per heavy atom. The number of rotatable bonds is 6. The van der Waals surface area contributed by atoms with E-state index < -0.39 is 11.9 Å². The third-order valence-electron chi connectivity index (χ3n) is 5.63. The Kier molecular flexibility index (Phi) is 5.73. The molecule has 0 aliphatic heterocycles. The van der Waals surface area contributed by atoms with Crippen molar-refractivity contribution in [3.05, 3.63) is 110 Å². The summed E-state index contributed by atoms with van der Waals surface area (Å²) in [6.45, 7) is 6.92. The Bertz CT molecular complexity index is 1550. The van der Waals surface area contributed by atoms with Gasteiger partial charge in [0.2, 0.25) is 0 Å². The number of benzene rings is 4. The molecule has 0 aliphatic carbocycles. The summed E-state index contributed by atoms with van der Waals surface area (Å²) in [6.07, 6.45) is 2.27. The van der Waals surface area contributed by atoms with Crippen molar-refractivity contribution in [2.75, 3.05) is 0 Å². The second kappa shape index (κ2) is 9.15. The molecular formula is C30H20O5. The van der Waals surface area contributed by atoms with Gasteiger partial charge in [-0.2, -0.15) is 0 Å². The maximum atomic E-state index is 12.1. The van der Waals surface area contributed by atoms with Crippen LogP contribution in [-0.2, 0) is 9.59 Å². The van der Waals surface area contributed by atoms with E-state index in [0.717, 1.165) is 44.8 Å². The van der Waals surface area contributed by atoms with E-state index in [1.807, 2.05) is 72.8 Å². The summed E-state index contributed by atoms with van der Waals surface area (Å²) in [5, 5.41) is 3.38. The van der Waals surface area contributed by atoms with Crippen molar-refractivity contribution in [1.82, 2.24) is 0 Å². The van der Waals surface area contributed by atoms with Crippen LogP contribution in [0.1, 0.15) is 0 Å². The molecule has 1 heterocycles. The van der Waals surface area contributed by atoms with E-state index in [-0.39, 0.29) is 0 Å². The number of hydrogen-bond donors (Lipinski definition) is 0. The first-order valence-electron chi connectivity index (χ1n) is 10.9. The zero-order valence-corrected chi connectivity index (χ0v) is 18.7. The van der Waals surface area contributed by atoms with Gasteiger partial charge >= 0.3 is 11.9 Å². The van der Waals surface area contributed by atoms with Gasteiger partial charge in [-0.3, -0.25) is 0 Å². The molecule has 5 aromatic rings. The Morgan fingerprint density at radius 2 is 1.14 bits per heavy atom. The molecule has 0 fully saturated rings. The first kappa shape index (κ1) is 21.9. The van der Waals surface area contributed by atoms with Crippen LogP contribution in [0.4, 0.5) is 0 Å². The molecule has 0 saturated carbocycles. The highest BCUT2D eigenvalue weighted by molar-refractivity contribution is 6.17. The number of hydrogen-bond acceptors (Lipinski definition) is 5. The van der Waals surface area contributed by atoms with Crippen LogP contribution in [0.15, 0.2) is 115 Å². The van der Waals surface area contributed by atoms with Gasteiger partial charge in [0, 0.05) is 34.1 Å². The van der Waals surface area contributed by atoms with E-state index in [9.17, 15) is 9.59 Å². The summed E-state index contributed by atoms with van der Waals surface area (Å²) in [5.74, 6) is 1.22. The van der Waals surface area contributed by atoms with Crippen LogP contribution >= 0.6 is 0 Å². The van der Waals surface area contributed by atoms with Crippen molar-refractivity contribution in [2.24, 2.45) is 0 Å². The SMILES string of the molecule is C=CC(=O)Oc1ccc(-c2ccc(-c3c4ccccc4c(OC(=O)C=C)c4ccccc34)o2)cc1. The van der Waals surface area contributed by atoms with Crippen molar-refractivity contribution in [3.63, 3.8) is 0 Å². The molecule has 0 radical (unpaired) electrons. The molecule has 0 atom stereocenters. The van der Waals surface area contributed by atoms with Crippen LogP contribution in [0.2, 0.25) is 0 Å². The first-order chi connectivity index (χ1) is 17.1. The highest BCUT2D eigenvalue weighted by atomic mass is 16.5. The van der Waals surface area contributed by atoms with Crippen LogP contribution in [-0.4, -0.2) is 11.9 Å². The summed E-state index contributed by atoms with van der Waals surface area (Å²) in [7, 11) is 0. The lowest BCUT2D eigenvalue weighted by Gasteiger charge is -2.15. The number of fused-ring (bicyclic) bond motifs is 2. The average Bonchev–Trinajstić information content (AvgIpc) is 3.38. The molecule has 1 aromatic heterocycles. The minimum Gasteiger partial charge on any atom is -0.456 e. The number of carbonyl (C=O) groups is 2. The molecule has 0 bridgehead atoms. The summed E-state index contributed by atoms with van der Waals surface area (Å²) in [4.78, 5) is 23.5. The van der Waals surface area contributed by atoms with Gasteiger partial charge in [-0.15, -0.1) is 0 Å². The third kappa shape index (κ3) is 4.11. The lowest BCUT2D eigenvalue weighted by molar-refractivity contribution is -0.129. The topological polar surface area (TPSA) is 65.7 Å². The fourth-order valence-corrected chi connectivity index (χ4v) is 4.08. The van der Waals surface area contributed by atoms with E-state index in [1.54, 1.807) is 12.1 Å². The van der Waals surface area contributed by atoms with Gasteiger partial charge in [-0.25, -0.2) is 9.59 Å². The van der Waals surface area contributed by atoms with Crippen LogP contribution in [0.25, 0.3) is 44.2 Å². The number of esters is 2. The summed E-state index contributed by atoms with van der Waals surface area (Å²) in [5.41, 5.74) is 1.73. The normalized spacial score (nSPS) is 10.7. The van der Waals surface area contributed by atoms with Gasteiger partial charge in [-0.1, -0.05) is 61.7 Å². The van der Waals surface area contributed by atoms with E-state index in [4.69, 9.17) is 13.9 Å². The summed E-state index contributed by atoms with van der Waals surface area (Å²) >= 11 is 0. The van der Waals surface area contributed by atoms with Gasteiger partial charge < -0.3 is 13.9 Å². The molecule has 5 rings (SSSR count). The highest BCUT2D eigenvalue weighted by Crippen LogP contribution is 2.44. The zero-order valence-electron chi connectivity index (χ0n) is 18.7. The molecule has 0 amide bonds. The predicted molar refractivity (Wildman–Crippen MR) is 136 cm³/mol. The molecule has 170 valence electrons. The Labute approximate surface area is 201 Å². The van der Waals surface area contributed by atoms with Crippen LogP contribution in [0.3, 0.4) is 0 Å². The molecule has 35 heavy (non-hydrogen) atoms. The van der Waals surface area contributed by atoms with Crippen LogP contribution < -0.4 is 9.47 Å². The van der Waals surface area contributed by atoms with E-state index in [0.29, 0.717) is 23.0 Å². The fraction of sp³-hybridized carbons (Fsp3) is 0. The van der Waals surface area contributed by atoms with Gasteiger partial charge in [-0.05, 0) is 47.2 Å². The highest BCUT2D eigenvalue weighted by Gasteiger charge is 2.19. The quantitative estimate of drug-likeness (QED) is 0.117. The maximum Gasteiger partial charge on any atom is 0.335 e. The van der Waals surface area contributed by atoms with Crippen molar-refractivity contribution in [3.8, 4) is 34.1 Å². The minimum absolute atomic E-state index is 0.423. The zero-order chi connectivity index (χ0) is 24.4. The van der Waals surface area contributed by atoms with Crippen LogP contribution in [0.5, 0.6) is 11.5 Å². The second-order valence-electron chi connectivity index (χ2n) is 7.73. The molecular weight excluding hydrogens is 440 g/mol. The van der Waals surface area contributed by atoms with E-state index in [2.05, 4.69) is 13.2 Å². The minimum atomic E-state index is -0.518. The monoisotopic (exact) mass is 460 g/mol. The Morgan fingerprint density at radius 1 is 0.629 bits per heavy atom. The van der Waals surface area contributed by atoms with Gasteiger partial charge in [0.05, 0.1) is 0 Å². The fourth-order valence-electron chi connectivity index (χ4n) is 4.08. The molecule has 0 aliphatic rings. The number of furan rings is 1. The van der Waals surface area contributed by atoms with Crippen molar-refractivity contribution >= 4 is 33.5 Å². The van der Waals surface area contributed by atoms with Crippen molar-refractivity contribution < 1.29 is 23.5 Å². The lowest BCUT2D eigenvalue weighted by atomic mass is 9.94. The Balaban J connectivity index is 1.64. The molecule has 5 nitrogen and oxygen atoms in total. The van der Waals surface area contributed by atoms with Crippen molar-refractivity contribution in [1.29, 1.82) is 0 Å². The number of ether oxygens (including phenoxy) is 2. The van der Waals surface area contributed by atoms with Gasteiger partial charge in [0.1, 0.15) is 23.0 Å². The van der Waals surface area contributed by atoms with Gasteiger partial charge in [0.15, 0.2) is 0 Å². The second-order valence-corrected chi connectivity index (χ2v) is 7.73. The van der Waals surface area contributed by atoms with E-state index in [1.165, 1.54) is 0 Å². The molecule has 5 heteroatoms. The molecule has 0 spiro atoms. The Hall–Kier alpha value is -4.90. The maximum absolute atomic E-state index is 12.1. The third-order valence-corrected chi connectivity index (χ3v) is 5.63. The van der Waals surface area contributed by atoms with E-state index >= 15 is 0 Å². The molecule has 0 saturated heterocycles. The van der Waals surface area contributed by atoms with Gasteiger partial charge in [0.25, 0.3) is 0 Å². The largest absolute Gasteiger partial charge is 0.456 e. The molecule has 4 aromatic carbocycles. The van der Waals surface area contributed by atoms with Crippen molar-refractivity contribution in [2.45, 2.75) is 0 Å². The standard InChI is InChI=1S/C30H20O5/c1-3-27(31)33-20-15-13-19(14-16-20)25-17-18-26(34-25)29-21-9-5-7-11-23(21)30(35-28(32)4-2)24-12-8-6-10-22(24)29/h3-18H,1-2H2. The smallest absolute Gasteiger partial charge is 0.335 e. The lowest BCUT2D eigenvalue weighted by Crippen LogP contribution is -2.04. The molecule has 0 N–H and O–H groups in total.